The summed E-state index contributed by atoms with van der Waals surface area (Å²) < 4.78 is 13.9. The fourth-order valence-electron chi connectivity index (χ4n) is 3.78. The van der Waals surface area contributed by atoms with Crippen molar-refractivity contribution in [3.63, 3.8) is 0 Å². The van der Waals surface area contributed by atoms with E-state index in [0.29, 0.717) is 41.2 Å². The van der Waals surface area contributed by atoms with E-state index in [1.165, 1.54) is 11.8 Å². The second-order valence-corrected chi connectivity index (χ2v) is 8.78. The number of hydrogen-bond donors (Lipinski definition) is 1. The van der Waals surface area contributed by atoms with Crippen LogP contribution < -0.4 is 9.47 Å². The second kappa shape index (κ2) is 8.55. The van der Waals surface area contributed by atoms with Crippen LogP contribution in [0.25, 0.3) is 10.9 Å². The van der Waals surface area contributed by atoms with Crippen LogP contribution in [-0.2, 0) is 6.54 Å². The van der Waals surface area contributed by atoms with E-state index < -0.39 is 6.10 Å². The third-order valence-electron chi connectivity index (χ3n) is 5.36. The number of aromatic nitrogens is 4. The maximum absolute atomic E-state index is 13.2. The number of nitrogens with one attached hydrogen (secondary N) is 1. The van der Waals surface area contributed by atoms with Crippen LogP contribution >= 0.6 is 11.8 Å². The highest BCUT2D eigenvalue weighted by Gasteiger charge is 2.29. The highest BCUT2D eigenvalue weighted by molar-refractivity contribution is 8.00. The molecule has 1 N–H and O–H groups in total. The average Bonchev–Trinajstić information content (AvgIpc) is 3.43. The lowest BCUT2D eigenvalue weighted by molar-refractivity contribution is 0.0821. The van der Waals surface area contributed by atoms with Gasteiger partial charge in [0.1, 0.15) is 6.61 Å². The van der Waals surface area contributed by atoms with Crippen molar-refractivity contribution < 1.29 is 14.3 Å². The molecule has 162 valence electrons. The largest absolute Gasteiger partial charge is 0.485 e. The van der Waals surface area contributed by atoms with Crippen molar-refractivity contribution in [2.45, 2.75) is 30.0 Å². The van der Waals surface area contributed by atoms with Gasteiger partial charge in [0.15, 0.2) is 34.4 Å². The first-order valence-corrected chi connectivity index (χ1v) is 11.2. The Bertz CT molecular complexity index is 1300. The second-order valence-electron chi connectivity index (χ2n) is 7.48. The lowest BCUT2D eigenvalue weighted by Gasteiger charge is -2.26. The van der Waals surface area contributed by atoms with Crippen LogP contribution in [0.3, 0.4) is 0 Å². The molecule has 1 aliphatic rings. The van der Waals surface area contributed by atoms with Crippen molar-refractivity contribution in [1.82, 2.24) is 19.7 Å². The summed E-state index contributed by atoms with van der Waals surface area (Å²) in [6.45, 7) is 6.58. The van der Waals surface area contributed by atoms with Crippen molar-refractivity contribution >= 4 is 28.4 Å². The van der Waals surface area contributed by atoms with E-state index in [9.17, 15) is 4.79 Å². The van der Waals surface area contributed by atoms with E-state index in [-0.39, 0.29) is 11.0 Å². The van der Waals surface area contributed by atoms with Gasteiger partial charge in [-0.3, -0.25) is 9.36 Å². The molecule has 0 unspecified atom stereocenters. The van der Waals surface area contributed by atoms with Crippen LogP contribution in [0.4, 0.5) is 0 Å². The van der Waals surface area contributed by atoms with E-state index >= 15 is 0 Å². The summed E-state index contributed by atoms with van der Waals surface area (Å²) in [4.78, 5) is 16.3. The van der Waals surface area contributed by atoms with Gasteiger partial charge in [0.25, 0.3) is 0 Å². The average molecular weight is 447 g/mol. The first kappa shape index (κ1) is 20.4. The monoisotopic (exact) mass is 446 g/mol. The Morgan fingerprint density at radius 3 is 2.88 bits per heavy atom. The van der Waals surface area contributed by atoms with Crippen LogP contribution in [-0.4, -0.2) is 37.4 Å². The Morgan fingerprint density at radius 2 is 2.03 bits per heavy atom. The van der Waals surface area contributed by atoms with E-state index in [4.69, 9.17) is 9.47 Å². The maximum Gasteiger partial charge on any atom is 0.192 e. The lowest BCUT2D eigenvalue weighted by atomic mass is 10.1. The molecule has 0 amide bonds. The molecule has 5 rings (SSSR count). The summed E-state index contributed by atoms with van der Waals surface area (Å²) in [5, 5.41) is 9.96. The Hall–Kier alpha value is -3.52. The van der Waals surface area contributed by atoms with Crippen LogP contribution in [0, 0.1) is 0 Å². The zero-order valence-corrected chi connectivity index (χ0v) is 18.3. The Balaban J connectivity index is 1.39. The Morgan fingerprint density at radius 1 is 1.25 bits per heavy atom. The van der Waals surface area contributed by atoms with Crippen molar-refractivity contribution in [3.05, 3.63) is 78.8 Å². The first-order valence-electron chi connectivity index (χ1n) is 10.3. The summed E-state index contributed by atoms with van der Waals surface area (Å²) in [5.41, 5.74) is 1.62. The number of aromatic amines is 1. The molecule has 32 heavy (non-hydrogen) atoms. The zero-order chi connectivity index (χ0) is 22.1. The minimum Gasteiger partial charge on any atom is -0.485 e. The molecule has 2 atom stereocenters. The van der Waals surface area contributed by atoms with Gasteiger partial charge in [0.05, 0.1) is 5.25 Å². The van der Waals surface area contributed by atoms with Gasteiger partial charge in [-0.2, -0.15) is 0 Å². The van der Waals surface area contributed by atoms with E-state index in [1.807, 2.05) is 60.0 Å². The molecule has 0 fully saturated rings. The predicted octanol–water partition coefficient (Wildman–Crippen LogP) is 4.82. The van der Waals surface area contributed by atoms with Gasteiger partial charge < -0.3 is 14.5 Å². The number of allylic oxidation sites excluding steroid dienone is 1. The van der Waals surface area contributed by atoms with Crippen LogP contribution in [0.2, 0.25) is 0 Å². The molecule has 0 aliphatic carbocycles. The third kappa shape index (κ3) is 3.67. The molecule has 0 bridgehead atoms. The molecule has 7 nitrogen and oxygen atoms in total. The molecular formula is C24H22N4O3S. The molecule has 2 aromatic carbocycles. The zero-order valence-electron chi connectivity index (χ0n) is 17.5. The number of H-pyrrole nitrogens is 1. The number of ketones is 1. The van der Waals surface area contributed by atoms with Gasteiger partial charge in [0.2, 0.25) is 0 Å². The molecule has 1 aliphatic heterocycles. The van der Waals surface area contributed by atoms with Gasteiger partial charge in [0, 0.05) is 29.2 Å². The maximum atomic E-state index is 13.2. The number of nitrogens with zero attached hydrogens (tertiary/aromatic N) is 3. The highest BCUT2D eigenvalue weighted by Crippen LogP contribution is 2.36. The fourth-order valence-corrected chi connectivity index (χ4v) is 4.71. The quantitative estimate of drug-likeness (QED) is 0.249. The summed E-state index contributed by atoms with van der Waals surface area (Å²) in [6, 6.07) is 15.3. The number of ether oxygens (including phenoxy) is 2. The van der Waals surface area contributed by atoms with Gasteiger partial charge in [-0.25, -0.2) is 0 Å². The minimum atomic E-state index is -0.397. The molecule has 2 aromatic heterocycles. The number of hydrogen-bond acceptors (Lipinski definition) is 6. The molecule has 0 spiro atoms. The number of Topliss-reactive ketones (excluding diaryl/α,β-unsaturated/α-hetero) is 1. The number of fused-ring (bicyclic) bond motifs is 2. The summed E-state index contributed by atoms with van der Waals surface area (Å²) in [6.07, 6.45) is 3.15. The predicted molar refractivity (Wildman–Crippen MR) is 123 cm³/mol. The molecule has 0 saturated carbocycles. The van der Waals surface area contributed by atoms with Crippen LogP contribution in [0.5, 0.6) is 11.5 Å². The molecule has 8 heteroatoms. The summed E-state index contributed by atoms with van der Waals surface area (Å²) in [5.74, 6) is 2.07. The van der Waals surface area contributed by atoms with Crippen molar-refractivity contribution in [2.75, 3.05) is 6.61 Å². The van der Waals surface area contributed by atoms with Crippen molar-refractivity contribution in [2.24, 2.45) is 0 Å². The highest BCUT2D eigenvalue weighted by atomic mass is 32.2. The number of carbonyl (C=O) groups is 1. The van der Waals surface area contributed by atoms with E-state index in [2.05, 4.69) is 21.8 Å². The number of para-hydroxylation sites is 3. The van der Waals surface area contributed by atoms with E-state index in [1.54, 1.807) is 12.3 Å². The summed E-state index contributed by atoms with van der Waals surface area (Å²) in [7, 11) is 0. The normalized spacial score (nSPS) is 16.1. The number of thioether (sulfide) groups is 1. The Kier molecular flexibility index (Phi) is 5.45. The molecule has 0 radical (unpaired) electrons. The van der Waals surface area contributed by atoms with Crippen molar-refractivity contribution in [3.8, 4) is 11.5 Å². The topological polar surface area (TPSA) is 82.0 Å². The van der Waals surface area contributed by atoms with Gasteiger partial charge >= 0.3 is 0 Å². The van der Waals surface area contributed by atoms with Crippen molar-refractivity contribution in [1.29, 1.82) is 0 Å². The number of carbonyl (C=O) groups excluding carboxylic acids is 1. The lowest BCUT2D eigenvalue weighted by Crippen LogP contribution is -2.25. The third-order valence-corrected chi connectivity index (χ3v) is 6.44. The number of rotatable bonds is 7. The standard InChI is InChI=1S/C24H22N4O3S/c1-3-12-28-23(21-14-30-19-10-6-7-11-20(19)31-21)26-27-24(28)32-15(2)22(29)17-13-25-18-9-5-4-8-16(17)18/h3-11,13,15,21,25H,1,12,14H2,2H3/t15-,21-/m0/s1. The van der Waals surface area contributed by atoms with Crippen LogP contribution in [0.15, 0.2) is 72.5 Å². The molecule has 3 heterocycles. The van der Waals surface area contributed by atoms with Gasteiger partial charge in [-0.1, -0.05) is 48.2 Å². The minimum absolute atomic E-state index is 0.0355. The molecule has 0 saturated heterocycles. The fraction of sp³-hybridized carbons (Fsp3) is 0.208. The van der Waals surface area contributed by atoms with E-state index in [0.717, 1.165) is 10.9 Å². The first-order chi connectivity index (χ1) is 15.7. The molecular weight excluding hydrogens is 424 g/mol. The van der Waals surface area contributed by atoms with Gasteiger partial charge in [-0.15, -0.1) is 16.8 Å². The number of benzene rings is 2. The summed E-state index contributed by atoms with van der Waals surface area (Å²) >= 11 is 1.38. The SMILES string of the molecule is C=CCn1c(S[C@@H](C)C(=O)c2c[nH]c3ccccc23)nnc1[C@@H]1COc2ccccc2O1. The van der Waals surface area contributed by atoms with Gasteiger partial charge in [-0.05, 0) is 25.1 Å². The van der Waals surface area contributed by atoms with Crippen LogP contribution in [0.1, 0.15) is 29.2 Å². The Labute approximate surface area is 189 Å². The molecule has 4 aromatic rings. The smallest absolute Gasteiger partial charge is 0.192 e.